The van der Waals surface area contributed by atoms with E-state index in [1.807, 2.05) is 66.7 Å². The van der Waals surface area contributed by atoms with Gasteiger partial charge >= 0.3 is 0 Å². The first-order valence-corrected chi connectivity index (χ1v) is 10.6. The van der Waals surface area contributed by atoms with Gasteiger partial charge in [-0.3, -0.25) is 14.7 Å². The van der Waals surface area contributed by atoms with Gasteiger partial charge in [0.2, 0.25) is 0 Å². The Hall–Kier alpha value is -3.42. The number of amides is 1. The number of benzene rings is 2. The average Bonchev–Trinajstić information content (AvgIpc) is 2.82. The number of pyridine rings is 1. The molecule has 7 nitrogen and oxygen atoms in total. The van der Waals surface area contributed by atoms with Crippen molar-refractivity contribution in [1.29, 1.82) is 0 Å². The van der Waals surface area contributed by atoms with E-state index in [1.54, 1.807) is 12.4 Å². The number of primary amides is 1. The Morgan fingerprint density at radius 2 is 1.62 bits per heavy atom. The van der Waals surface area contributed by atoms with Crippen LogP contribution in [0.25, 0.3) is 0 Å². The average molecular weight is 436 g/mol. The van der Waals surface area contributed by atoms with Crippen molar-refractivity contribution in [3.05, 3.63) is 90.3 Å². The number of hydrogen-bond acceptors (Lipinski definition) is 6. The van der Waals surface area contributed by atoms with E-state index in [1.165, 1.54) is 0 Å². The van der Waals surface area contributed by atoms with Crippen molar-refractivity contribution in [3.63, 3.8) is 0 Å². The minimum Gasteiger partial charge on any atom is -0.491 e. The fourth-order valence-electron chi connectivity index (χ4n) is 3.24. The number of nitrogens with two attached hydrogens (primary N) is 1. The van der Waals surface area contributed by atoms with Gasteiger partial charge in [0.05, 0.1) is 0 Å². The molecule has 3 N–H and O–H groups in total. The highest BCUT2D eigenvalue weighted by Gasteiger charge is 2.14. The molecule has 0 radical (unpaired) electrons. The summed E-state index contributed by atoms with van der Waals surface area (Å²) >= 11 is 0. The predicted molar refractivity (Wildman–Crippen MR) is 122 cm³/mol. The molecule has 1 atom stereocenters. The molecule has 2 aromatic carbocycles. The molecule has 1 heterocycles. The third-order valence-corrected chi connectivity index (χ3v) is 4.83. The first-order chi connectivity index (χ1) is 15.6. The van der Waals surface area contributed by atoms with Crippen molar-refractivity contribution >= 4 is 5.91 Å². The summed E-state index contributed by atoms with van der Waals surface area (Å²) in [6, 6.07) is 21.0. The summed E-state index contributed by atoms with van der Waals surface area (Å²) in [7, 11) is 0. The molecule has 0 aliphatic rings. The molecule has 3 aromatic rings. The quantitative estimate of drug-likeness (QED) is 0.428. The van der Waals surface area contributed by atoms with Gasteiger partial charge in [-0.15, -0.1) is 0 Å². The summed E-state index contributed by atoms with van der Waals surface area (Å²) in [5.74, 6) is 0.844. The summed E-state index contributed by atoms with van der Waals surface area (Å²) < 4.78 is 11.0. The highest BCUT2D eigenvalue weighted by molar-refractivity contribution is 5.75. The molecule has 0 saturated heterocycles. The summed E-state index contributed by atoms with van der Waals surface area (Å²) in [6.45, 7) is 2.02. The largest absolute Gasteiger partial charge is 0.491 e. The SMILES string of the molecule is NC(=O)COc1ccc(CCN(Cc2ccncc2)CC(O)COc2ccccc2)cc1. The lowest BCUT2D eigenvalue weighted by Gasteiger charge is -2.25. The number of hydrogen-bond donors (Lipinski definition) is 2. The fraction of sp³-hybridized carbons (Fsp3) is 0.280. The first kappa shape index (κ1) is 23.2. The third-order valence-electron chi connectivity index (χ3n) is 4.83. The summed E-state index contributed by atoms with van der Waals surface area (Å²) in [4.78, 5) is 17.1. The fourth-order valence-corrected chi connectivity index (χ4v) is 3.24. The summed E-state index contributed by atoms with van der Waals surface area (Å²) in [5, 5.41) is 10.6. The zero-order valence-corrected chi connectivity index (χ0v) is 18.0. The van der Waals surface area contributed by atoms with E-state index in [2.05, 4.69) is 9.88 Å². The number of rotatable bonds is 13. The van der Waals surface area contributed by atoms with Crippen LogP contribution in [0.4, 0.5) is 0 Å². The van der Waals surface area contributed by atoms with Crippen LogP contribution in [-0.4, -0.2) is 53.3 Å². The van der Waals surface area contributed by atoms with Crippen LogP contribution in [0, 0.1) is 0 Å². The van der Waals surface area contributed by atoms with E-state index < -0.39 is 12.0 Å². The van der Waals surface area contributed by atoms with Gasteiger partial charge in [0.25, 0.3) is 5.91 Å². The van der Waals surface area contributed by atoms with Crippen molar-refractivity contribution in [2.24, 2.45) is 5.73 Å². The minimum atomic E-state index is -0.624. The minimum absolute atomic E-state index is 0.137. The number of nitrogens with zero attached hydrogens (tertiary/aromatic N) is 2. The zero-order valence-electron chi connectivity index (χ0n) is 18.0. The standard InChI is InChI=1S/C25H29N3O4/c26-25(30)19-32-24-8-6-20(7-9-24)12-15-28(16-21-10-13-27-14-11-21)17-22(29)18-31-23-4-2-1-3-5-23/h1-11,13-14,22,29H,12,15-19H2,(H2,26,30). The molecule has 168 valence electrons. The maximum atomic E-state index is 10.8. The van der Waals surface area contributed by atoms with Gasteiger partial charge in [0.15, 0.2) is 6.61 Å². The van der Waals surface area contributed by atoms with Crippen LogP contribution in [0.1, 0.15) is 11.1 Å². The van der Waals surface area contributed by atoms with Crippen LogP contribution in [0.3, 0.4) is 0 Å². The second kappa shape index (κ2) is 12.4. The van der Waals surface area contributed by atoms with Crippen LogP contribution in [0.2, 0.25) is 0 Å². The number of carbonyl (C=O) groups excluding carboxylic acids is 1. The van der Waals surface area contributed by atoms with Crippen LogP contribution >= 0.6 is 0 Å². The van der Waals surface area contributed by atoms with Crippen LogP contribution in [0.15, 0.2) is 79.1 Å². The van der Waals surface area contributed by atoms with Gasteiger partial charge in [-0.05, 0) is 53.9 Å². The third kappa shape index (κ3) is 8.37. The summed E-state index contributed by atoms with van der Waals surface area (Å²) in [5.41, 5.74) is 7.37. The predicted octanol–water partition coefficient (Wildman–Crippen LogP) is 2.43. The number of aromatic nitrogens is 1. The second-order valence-electron chi connectivity index (χ2n) is 7.52. The first-order valence-electron chi connectivity index (χ1n) is 10.6. The van der Waals surface area contributed by atoms with Crippen molar-refractivity contribution in [2.45, 2.75) is 19.1 Å². The molecular formula is C25H29N3O4. The van der Waals surface area contributed by atoms with E-state index >= 15 is 0 Å². The molecule has 0 spiro atoms. The number of ether oxygens (including phenoxy) is 2. The highest BCUT2D eigenvalue weighted by Crippen LogP contribution is 2.14. The van der Waals surface area contributed by atoms with Gasteiger partial charge in [0.1, 0.15) is 24.2 Å². The van der Waals surface area contributed by atoms with Gasteiger partial charge in [-0.25, -0.2) is 0 Å². The lowest BCUT2D eigenvalue weighted by Crippen LogP contribution is -2.36. The Balaban J connectivity index is 1.55. The Kier molecular flexibility index (Phi) is 9.04. The molecule has 1 amide bonds. The zero-order chi connectivity index (χ0) is 22.6. The number of aliphatic hydroxyl groups excluding tert-OH is 1. The van der Waals surface area contributed by atoms with E-state index in [4.69, 9.17) is 15.2 Å². The van der Waals surface area contributed by atoms with Crippen molar-refractivity contribution < 1.29 is 19.4 Å². The lowest BCUT2D eigenvalue weighted by atomic mass is 10.1. The van der Waals surface area contributed by atoms with Crippen molar-refractivity contribution in [3.8, 4) is 11.5 Å². The molecule has 0 saturated carbocycles. The molecule has 0 aliphatic carbocycles. The molecule has 0 bridgehead atoms. The highest BCUT2D eigenvalue weighted by atomic mass is 16.5. The Bertz CT molecular complexity index is 936. The van der Waals surface area contributed by atoms with Gasteiger partial charge in [-0.2, -0.15) is 0 Å². The van der Waals surface area contributed by atoms with Crippen LogP contribution in [-0.2, 0) is 17.8 Å². The summed E-state index contributed by atoms with van der Waals surface area (Å²) in [6.07, 6.45) is 3.72. The van der Waals surface area contributed by atoms with E-state index in [0.29, 0.717) is 18.8 Å². The maximum absolute atomic E-state index is 10.8. The molecule has 7 heteroatoms. The molecule has 1 unspecified atom stereocenters. The van der Waals surface area contributed by atoms with Gasteiger partial charge in [0, 0.05) is 32.0 Å². The Morgan fingerprint density at radius 1 is 0.938 bits per heavy atom. The molecule has 3 rings (SSSR count). The maximum Gasteiger partial charge on any atom is 0.255 e. The lowest BCUT2D eigenvalue weighted by molar-refractivity contribution is -0.119. The van der Waals surface area contributed by atoms with E-state index in [-0.39, 0.29) is 13.2 Å². The topological polar surface area (TPSA) is 97.9 Å². The smallest absolute Gasteiger partial charge is 0.255 e. The second-order valence-corrected chi connectivity index (χ2v) is 7.52. The molecule has 32 heavy (non-hydrogen) atoms. The van der Waals surface area contributed by atoms with Crippen molar-refractivity contribution in [1.82, 2.24) is 9.88 Å². The van der Waals surface area contributed by atoms with Crippen LogP contribution < -0.4 is 15.2 Å². The van der Waals surface area contributed by atoms with Gasteiger partial charge in [-0.1, -0.05) is 30.3 Å². The van der Waals surface area contributed by atoms with E-state index in [0.717, 1.165) is 29.8 Å². The normalized spacial score (nSPS) is 11.8. The van der Waals surface area contributed by atoms with Gasteiger partial charge < -0.3 is 20.3 Å². The molecule has 1 aromatic heterocycles. The van der Waals surface area contributed by atoms with E-state index in [9.17, 15) is 9.90 Å². The number of aliphatic hydroxyl groups is 1. The van der Waals surface area contributed by atoms with Crippen molar-refractivity contribution in [2.75, 3.05) is 26.3 Å². The molecule has 0 aliphatic heterocycles. The number of carbonyl (C=O) groups is 1. The monoisotopic (exact) mass is 435 g/mol. The van der Waals surface area contributed by atoms with Crippen LogP contribution in [0.5, 0.6) is 11.5 Å². The molecular weight excluding hydrogens is 406 g/mol. The number of para-hydroxylation sites is 1. The Labute approximate surface area is 188 Å². The Morgan fingerprint density at radius 3 is 2.31 bits per heavy atom. The molecule has 0 fully saturated rings.